The average Bonchev–Trinajstić information content (AvgIpc) is 2.83. The van der Waals surface area contributed by atoms with Gasteiger partial charge in [0.1, 0.15) is 0 Å². The largest absolute Gasteiger partial charge is 0.384 e. The maximum absolute atomic E-state index is 12.1. The van der Waals surface area contributed by atoms with Crippen LogP contribution in [0.25, 0.3) is 0 Å². The Morgan fingerprint density at radius 1 is 1.47 bits per heavy atom. The Morgan fingerprint density at radius 2 is 2.32 bits per heavy atom. The third kappa shape index (κ3) is 2.45. The van der Waals surface area contributed by atoms with Crippen LogP contribution < -0.4 is 10.6 Å². The van der Waals surface area contributed by atoms with Crippen LogP contribution in [-0.2, 0) is 11.2 Å². The second-order valence-electron chi connectivity index (χ2n) is 4.76. The zero-order valence-corrected chi connectivity index (χ0v) is 10.6. The standard InChI is InChI=1S/C14H15N3O2/c1-9-6-13(19-17-9)16-14(18)11-7-10-4-2-3-5-12(10)15-8-11/h2-6,11,15H,7-8H2,1H3,(H,16,18). The van der Waals surface area contributed by atoms with Gasteiger partial charge < -0.3 is 9.84 Å². The highest BCUT2D eigenvalue weighted by Gasteiger charge is 2.24. The van der Waals surface area contributed by atoms with E-state index >= 15 is 0 Å². The van der Waals surface area contributed by atoms with Gasteiger partial charge in [-0.15, -0.1) is 0 Å². The van der Waals surface area contributed by atoms with E-state index in [1.807, 2.05) is 31.2 Å². The first-order valence-corrected chi connectivity index (χ1v) is 6.28. The predicted octanol–water partition coefficient (Wildman–Crippen LogP) is 2.21. The smallest absolute Gasteiger partial charge is 0.231 e. The molecule has 1 amide bonds. The number of para-hydroxylation sites is 1. The fourth-order valence-corrected chi connectivity index (χ4v) is 2.27. The molecule has 1 aromatic heterocycles. The lowest BCUT2D eigenvalue weighted by Gasteiger charge is -2.24. The number of anilines is 2. The second-order valence-corrected chi connectivity index (χ2v) is 4.76. The van der Waals surface area contributed by atoms with E-state index < -0.39 is 0 Å². The van der Waals surface area contributed by atoms with E-state index in [-0.39, 0.29) is 11.8 Å². The molecule has 3 rings (SSSR count). The van der Waals surface area contributed by atoms with E-state index in [0.29, 0.717) is 12.4 Å². The van der Waals surface area contributed by atoms with Crippen LogP contribution in [0.5, 0.6) is 0 Å². The van der Waals surface area contributed by atoms with E-state index in [2.05, 4.69) is 15.8 Å². The molecule has 0 radical (unpaired) electrons. The summed E-state index contributed by atoms with van der Waals surface area (Å²) in [5.74, 6) is 0.264. The SMILES string of the molecule is Cc1cc(NC(=O)C2CNc3ccccc3C2)on1. The Bertz CT molecular complexity index is 606. The van der Waals surface area contributed by atoms with Gasteiger partial charge in [-0.25, -0.2) is 0 Å². The number of nitrogens with one attached hydrogen (secondary N) is 2. The molecule has 0 saturated carbocycles. The first-order valence-electron chi connectivity index (χ1n) is 6.28. The molecule has 2 N–H and O–H groups in total. The van der Waals surface area contributed by atoms with Crippen molar-refractivity contribution in [3.8, 4) is 0 Å². The third-order valence-electron chi connectivity index (χ3n) is 3.27. The molecule has 98 valence electrons. The summed E-state index contributed by atoms with van der Waals surface area (Å²) in [5.41, 5.74) is 3.03. The minimum absolute atomic E-state index is 0.0434. The molecule has 5 heteroatoms. The molecule has 5 nitrogen and oxygen atoms in total. The van der Waals surface area contributed by atoms with Gasteiger partial charge in [0, 0.05) is 18.3 Å². The Labute approximate surface area is 111 Å². The molecule has 1 unspecified atom stereocenters. The summed E-state index contributed by atoms with van der Waals surface area (Å²) in [6.07, 6.45) is 0.738. The van der Waals surface area contributed by atoms with Crippen molar-refractivity contribution in [3.63, 3.8) is 0 Å². The van der Waals surface area contributed by atoms with E-state index in [1.165, 1.54) is 5.56 Å². The van der Waals surface area contributed by atoms with Crippen molar-refractivity contribution in [2.45, 2.75) is 13.3 Å². The molecule has 0 fully saturated rings. The monoisotopic (exact) mass is 257 g/mol. The lowest BCUT2D eigenvalue weighted by atomic mass is 9.93. The van der Waals surface area contributed by atoms with E-state index in [0.717, 1.165) is 17.8 Å². The van der Waals surface area contributed by atoms with Gasteiger partial charge in [0.05, 0.1) is 11.6 Å². The summed E-state index contributed by atoms with van der Waals surface area (Å²) >= 11 is 0. The Kier molecular flexibility index (Phi) is 2.95. The molecule has 1 atom stereocenters. The Morgan fingerprint density at radius 3 is 3.11 bits per heavy atom. The number of rotatable bonds is 2. The van der Waals surface area contributed by atoms with Gasteiger partial charge >= 0.3 is 0 Å². The Hall–Kier alpha value is -2.30. The van der Waals surface area contributed by atoms with Crippen molar-refractivity contribution in [1.29, 1.82) is 0 Å². The summed E-state index contributed by atoms with van der Waals surface area (Å²) in [6.45, 7) is 2.45. The van der Waals surface area contributed by atoms with Crippen molar-refractivity contribution in [3.05, 3.63) is 41.6 Å². The number of hydrogen-bond donors (Lipinski definition) is 2. The molecule has 1 aliphatic rings. The van der Waals surface area contributed by atoms with Crippen molar-refractivity contribution in [2.75, 3.05) is 17.2 Å². The lowest BCUT2D eigenvalue weighted by molar-refractivity contribution is -0.119. The Balaban J connectivity index is 1.69. The first-order chi connectivity index (χ1) is 9.22. The van der Waals surface area contributed by atoms with Crippen molar-refractivity contribution in [1.82, 2.24) is 5.16 Å². The second kappa shape index (κ2) is 4.76. The molecule has 2 heterocycles. The predicted molar refractivity (Wildman–Crippen MR) is 72.0 cm³/mol. The molecular weight excluding hydrogens is 242 g/mol. The molecule has 1 aromatic carbocycles. The number of amides is 1. The van der Waals surface area contributed by atoms with Gasteiger partial charge in [0.15, 0.2) is 0 Å². The fraction of sp³-hybridized carbons (Fsp3) is 0.286. The highest BCUT2D eigenvalue weighted by Crippen LogP contribution is 2.25. The van der Waals surface area contributed by atoms with Crippen molar-refractivity contribution in [2.24, 2.45) is 5.92 Å². The van der Waals surface area contributed by atoms with Crippen molar-refractivity contribution >= 4 is 17.5 Å². The van der Waals surface area contributed by atoms with E-state index in [9.17, 15) is 4.79 Å². The molecule has 0 aliphatic carbocycles. The van der Waals surface area contributed by atoms with Gasteiger partial charge in [0.2, 0.25) is 11.8 Å². The molecule has 19 heavy (non-hydrogen) atoms. The van der Waals surface area contributed by atoms with Gasteiger partial charge in [-0.05, 0) is 25.0 Å². The number of nitrogens with zero attached hydrogens (tertiary/aromatic N) is 1. The zero-order chi connectivity index (χ0) is 13.2. The fourth-order valence-electron chi connectivity index (χ4n) is 2.27. The zero-order valence-electron chi connectivity index (χ0n) is 10.6. The van der Waals surface area contributed by atoms with Gasteiger partial charge in [0.25, 0.3) is 0 Å². The third-order valence-corrected chi connectivity index (χ3v) is 3.27. The van der Waals surface area contributed by atoms with Crippen LogP contribution in [0, 0.1) is 12.8 Å². The van der Waals surface area contributed by atoms with Crippen molar-refractivity contribution < 1.29 is 9.32 Å². The first kappa shape index (κ1) is 11.8. The maximum atomic E-state index is 12.1. The minimum atomic E-state index is -0.0969. The molecule has 0 spiro atoms. The lowest BCUT2D eigenvalue weighted by Crippen LogP contribution is -2.33. The summed E-state index contributed by atoms with van der Waals surface area (Å²) < 4.78 is 4.99. The van der Waals surface area contributed by atoms with E-state index in [4.69, 9.17) is 4.52 Å². The van der Waals surface area contributed by atoms with Gasteiger partial charge in [-0.3, -0.25) is 10.1 Å². The van der Waals surface area contributed by atoms with Crippen LogP contribution in [0.3, 0.4) is 0 Å². The van der Waals surface area contributed by atoms with E-state index in [1.54, 1.807) is 6.07 Å². The summed E-state index contributed by atoms with van der Waals surface area (Å²) in [6, 6.07) is 9.76. The molecule has 0 saturated heterocycles. The number of carbonyl (C=O) groups is 1. The maximum Gasteiger partial charge on any atom is 0.231 e. The van der Waals surface area contributed by atoms with Gasteiger partial charge in [-0.2, -0.15) is 0 Å². The van der Waals surface area contributed by atoms with Crippen LogP contribution in [0.15, 0.2) is 34.9 Å². The molecular formula is C14H15N3O2. The highest BCUT2D eigenvalue weighted by atomic mass is 16.5. The number of aryl methyl sites for hydroxylation is 1. The summed E-state index contributed by atoms with van der Waals surface area (Å²) in [7, 11) is 0. The van der Waals surface area contributed by atoms with Gasteiger partial charge in [-0.1, -0.05) is 23.4 Å². The van der Waals surface area contributed by atoms with Crippen LogP contribution in [0.1, 0.15) is 11.3 Å². The molecule has 1 aliphatic heterocycles. The topological polar surface area (TPSA) is 67.2 Å². The number of hydrogen-bond acceptors (Lipinski definition) is 4. The number of benzene rings is 1. The van der Waals surface area contributed by atoms with Crippen LogP contribution in [0.4, 0.5) is 11.6 Å². The number of aromatic nitrogens is 1. The molecule has 2 aromatic rings. The molecule has 0 bridgehead atoms. The van der Waals surface area contributed by atoms with Crippen LogP contribution >= 0.6 is 0 Å². The number of fused-ring (bicyclic) bond motifs is 1. The quantitative estimate of drug-likeness (QED) is 0.865. The minimum Gasteiger partial charge on any atom is -0.384 e. The highest BCUT2D eigenvalue weighted by molar-refractivity contribution is 5.92. The summed E-state index contributed by atoms with van der Waals surface area (Å²) in [4.78, 5) is 12.1. The summed E-state index contributed by atoms with van der Waals surface area (Å²) in [5, 5.41) is 9.78. The number of carbonyl (C=O) groups excluding carboxylic acids is 1. The van der Waals surface area contributed by atoms with Crippen LogP contribution in [0.2, 0.25) is 0 Å². The average molecular weight is 257 g/mol. The normalized spacial score (nSPS) is 17.4. The van der Waals surface area contributed by atoms with Crippen LogP contribution in [-0.4, -0.2) is 17.6 Å².